The van der Waals surface area contributed by atoms with Crippen molar-refractivity contribution in [1.82, 2.24) is 4.31 Å². The summed E-state index contributed by atoms with van der Waals surface area (Å²) in [5, 5.41) is 3.25. The van der Waals surface area contributed by atoms with Gasteiger partial charge in [0.2, 0.25) is 10.0 Å². The Morgan fingerprint density at radius 3 is 2.53 bits per heavy atom. The summed E-state index contributed by atoms with van der Waals surface area (Å²) in [5.74, 6) is 0. The molecule has 4 nitrogen and oxygen atoms in total. The molecule has 1 aromatic rings. The molecule has 0 aliphatic carbocycles. The number of sulfonamides is 1. The first-order chi connectivity index (χ1) is 9.09. The zero-order chi connectivity index (χ0) is 13.9. The largest absolute Gasteiger partial charge is 0.384 e. The fourth-order valence-electron chi connectivity index (χ4n) is 2.44. The molecule has 0 saturated heterocycles. The fourth-order valence-corrected chi connectivity index (χ4v) is 4.12. The predicted molar refractivity (Wildman–Crippen MR) is 78.0 cm³/mol. The van der Waals surface area contributed by atoms with E-state index in [9.17, 15) is 8.42 Å². The monoisotopic (exact) mass is 282 g/mol. The topological polar surface area (TPSA) is 49.4 Å². The summed E-state index contributed by atoms with van der Waals surface area (Å²) in [4.78, 5) is 0.428. The maximum absolute atomic E-state index is 12.6. The molecule has 2 rings (SSSR count). The maximum atomic E-state index is 12.6. The Bertz CT molecular complexity index is 534. The SMILES string of the molecule is CCCN(CCC)S(=O)(=O)c1ccc2c(c1)CCN2. The molecule has 5 heteroatoms. The highest BCUT2D eigenvalue weighted by Gasteiger charge is 2.24. The van der Waals surface area contributed by atoms with E-state index in [2.05, 4.69) is 5.32 Å². The van der Waals surface area contributed by atoms with Gasteiger partial charge < -0.3 is 5.32 Å². The van der Waals surface area contributed by atoms with Crippen molar-refractivity contribution in [3.05, 3.63) is 23.8 Å². The number of benzene rings is 1. The zero-order valence-corrected chi connectivity index (χ0v) is 12.5. The number of nitrogens with one attached hydrogen (secondary N) is 1. The lowest BCUT2D eigenvalue weighted by Gasteiger charge is -2.21. The second-order valence-corrected chi connectivity index (χ2v) is 6.84. The second-order valence-electron chi connectivity index (χ2n) is 4.90. The van der Waals surface area contributed by atoms with Crippen molar-refractivity contribution in [3.8, 4) is 0 Å². The molecule has 0 radical (unpaired) electrons. The van der Waals surface area contributed by atoms with Crippen LogP contribution < -0.4 is 5.32 Å². The minimum absolute atomic E-state index is 0.428. The smallest absolute Gasteiger partial charge is 0.243 e. The standard InChI is InChI=1S/C14H22N2O2S/c1-3-9-16(10-4-2)19(17,18)13-5-6-14-12(11-13)7-8-15-14/h5-6,11,15H,3-4,7-10H2,1-2H3. The van der Waals surface area contributed by atoms with Gasteiger partial charge in [-0.25, -0.2) is 8.42 Å². The highest BCUT2D eigenvalue weighted by molar-refractivity contribution is 7.89. The van der Waals surface area contributed by atoms with Crippen LogP contribution in [0, 0.1) is 0 Å². The average molecular weight is 282 g/mol. The van der Waals surface area contributed by atoms with Gasteiger partial charge in [-0.05, 0) is 43.0 Å². The second kappa shape index (κ2) is 5.92. The first kappa shape index (κ1) is 14.3. The van der Waals surface area contributed by atoms with E-state index in [-0.39, 0.29) is 0 Å². The van der Waals surface area contributed by atoms with E-state index in [0.29, 0.717) is 18.0 Å². The number of nitrogens with zero attached hydrogens (tertiary/aromatic N) is 1. The molecule has 1 heterocycles. The van der Waals surface area contributed by atoms with E-state index in [1.807, 2.05) is 26.0 Å². The molecule has 0 spiro atoms. The summed E-state index contributed by atoms with van der Waals surface area (Å²) < 4.78 is 26.8. The molecule has 0 bridgehead atoms. The van der Waals surface area contributed by atoms with E-state index < -0.39 is 10.0 Å². The van der Waals surface area contributed by atoms with Gasteiger partial charge in [-0.3, -0.25) is 0 Å². The van der Waals surface area contributed by atoms with Crippen LogP contribution in [0.15, 0.2) is 23.1 Å². The third-order valence-electron chi connectivity index (χ3n) is 3.37. The van der Waals surface area contributed by atoms with Crippen LogP contribution in [0.25, 0.3) is 0 Å². The quantitative estimate of drug-likeness (QED) is 0.872. The lowest BCUT2D eigenvalue weighted by molar-refractivity contribution is 0.410. The van der Waals surface area contributed by atoms with E-state index in [1.165, 1.54) is 0 Å². The van der Waals surface area contributed by atoms with Gasteiger partial charge in [0.15, 0.2) is 0 Å². The Kier molecular flexibility index (Phi) is 4.47. The number of rotatable bonds is 6. The normalized spacial score (nSPS) is 14.5. The van der Waals surface area contributed by atoms with Gasteiger partial charge in [-0.2, -0.15) is 4.31 Å². The van der Waals surface area contributed by atoms with Crippen LogP contribution in [0.4, 0.5) is 5.69 Å². The van der Waals surface area contributed by atoms with Gasteiger partial charge in [0, 0.05) is 25.3 Å². The van der Waals surface area contributed by atoms with E-state index >= 15 is 0 Å². The molecule has 0 atom stereocenters. The van der Waals surface area contributed by atoms with Gasteiger partial charge in [-0.15, -0.1) is 0 Å². The Morgan fingerprint density at radius 1 is 1.21 bits per heavy atom. The van der Waals surface area contributed by atoms with Crippen molar-refractivity contribution in [3.63, 3.8) is 0 Å². The van der Waals surface area contributed by atoms with Gasteiger partial charge in [0.1, 0.15) is 0 Å². The highest BCUT2D eigenvalue weighted by Crippen LogP contribution is 2.26. The van der Waals surface area contributed by atoms with Gasteiger partial charge >= 0.3 is 0 Å². The van der Waals surface area contributed by atoms with E-state index in [1.54, 1.807) is 10.4 Å². The number of hydrogen-bond acceptors (Lipinski definition) is 3. The van der Waals surface area contributed by atoms with Crippen LogP contribution in [-0.4, -0.2) is 32.4 Å². The molecule has 1 N–H and O–H groups in total. The Hall–Kier alpha value is -1.07. The van der Waals surface area contributed by atoms with Crippen molar-refractivity contribution in [2.45, 2.75) is 38.0 Å². The molecule has 0 fully saturated rings. The van der Waals surface area contributed by atoms with Gasteiger partial charge in [0.05, 0.1) is 4.90 Å². The minimum Gasteiger partial charge on any atom is -0.384 e. The van der Waals surface area contributed by atoms with Gasteiger partial charge in [-0.1, -0.05) is 13.8 Å². The van der Waals surface area contributed by atoms with Crippen molar-refractivity contribution in [1.29, 1.82) is 0 Å². The summed E-state index contributed by atoms with van der Waals surface area (Å²) in [7, 11) is -3.34. The van der Waals surface area contributed by atoms with Crippen molar-refractivity contribution in [2.24, 2.45) is 0 Å². The first-order valence-electron chi connectivity index (χ1n) is 6.96. The molecule has 0 saturated carbocycles. The summed E-state index contributed by atoms with van der Waals surface area (Å²) in [6.07, 6.45) is 2.58. The molecule has 0 unspecified atom stereocenters. The molecular weight excluding hydrogens is 260 g/mol. The first-order valence-corrected chi connectivity index (χ1v) is 8.40. The lowest BCUT2D eigenvalue weighted by atomic mass is 10.2. The summed E-state index contributed by atoms with van der Waals surface area (Å²) in [6.45, 7) is 6.08. The summed E-state index contributed by atoms with van der Waals surface area (Å²) in [5.41, 5.74) is 2.17. The molecule has 19 heavy (non-hydrogen) atoms. The Balaban J connectivity index is 2.32. The molecular formula is C14H22N2O2S. The third kappa shape index (κ3) is 2.92. The van der Waals surface area contributed by atoms with E-state index in [0.717, 1.165) is 37.1 Å². The van der Waals surface area contributed by atoms with E-state index in [4.69, 9.17) is 0 Å². The zero-order valence-electron chi connectivity index (χ0n) is 11.6. The number of hydrogen-bond donors (Lipinski definition) is 1. The van der Waals surface area contributed by atoms with Gasteiger partial charge in [0.25, 0.3) is 0 Å². The lowest BCUT2D eigenvalue weighted by Crippen LogP contribution is -2.32. The number of anilines is 1. The molecule has 106 valence electrons. The predicted octanol–water partition coefficient (Wildman–Crippen LogP) is 2.47. The molecule has 1 aliphatic rings. The Labute approximate surface area is 115 Å². The van der Waals surface area contributed by atoms with Crippen LogP contribution in [-0.2, 0) is 16.4 Å². The van der Waals surface area contributed by atoms with Crippen LogP contribution in [0.3, 0.4) is 0 Å². The Morgan fingerprint density at radius 2 is 1.89 bits per heavy atom. The van der Waals surface area contributed by atoms with Crippen LogP contribution >= 0.6 is 0 Å². The van der Waals surface area contributed by atoms with Crippen molar-refractivity contribution in [2.75, 3.05) is 25.0 Å². The highest BCUT2D eigenvalue weighted by atomic mass is 32.2. The summed E-state index contributed by atoms with van der Waals surface area (Å²) in [6, 6.07) is 5.42. The van der Waals surface area contributed by atoms with Crippen molar-refractivity contribution < 1.29 is 8.42 Å². The third-order valence-corrected chi connectivity index (χ3v) is 5.26. The van der Waals surface area contributed by atoms with Crippen LogP contribution in [0.2, 0.25) is 0 Å². The molecule has 0 amide bonds. The minimum atomic E-state index is -3.34. The molecule has 1 aliphatic heterocycles. The van der Waals surface area contributed by atoms with Crippen molar-refractivity contribution >= 4 is 15.7 Å². The summed E-state index contributed by atoms with van der Waals surface area (Å²) >= 11 is 0. The molecule has 0 aromatic heterocycles. The van der Waals surface area contributed by atoms with Crippen LogP contribution in [0.5, 0.6) is 0 Å². The number of fused-ring (bicyclic) bond motifs is 1. The maximum Gasteiger partial charge on any atom is 0.243 e. The van der Waals surface area contributed by atoms with Crippen LogP contribution in [0.1, 0.15) is 32.3 Å². The average Bonchev–Trinajstić information content (AvgIpc) is 2.85. The fraction of sp³-hybridized carbons (Fsp3) is 0.571. The molecule has 1 aromatic carbocycles.